The Labute approximate surface area is 107 Å². The van der Waals surface area contributed by atoms with Crippen LogP contribution in [-0.2, 0) is 17.9 Å². The van der Waals surface area contributed by atoms with Crippen molar-refractivity contribution in [2.24, 2.45) is 5.73 Å². The van der Waals surface area contributed by atoms with Crippen molar-refractivity contribution in [1.29, 1.82) is 0 Å². The summed E-state index contributed by atoms with van der Waals surface area (Å²) in [7, 11) is 0. The quantitative estimate of drug-likeness (QED) is 0.626. The standard InChI is InChI=1S/C15H17NO2/c16-10-14-7-4-8-15(9-14)18-12-17-11-13-5-2-1-3-6-13/h1-9H,10-12,16H2. The fourth-order valence-corrected chi connectivity index (χ4v) is 1.61. The van der Waals surface area contributed by atoms with Crippen LogP contribution in [0.4, 0.5) is 0 Å². The number of rotatable bonds is 6. The average molecular weight is 243 g/mol. The second-order valence-electron chi connectivity index (χ2n) is 3.95. The zero-order chi connectivity index (χ0) is 12.6. The van der Waals surface area contributed by atoms with Crippen LogP contribution in [0.25, 0.3) is 0 Å². The third-order valence-corrected chi connectivity index (χ3v) is 2.55. The van der Waals surface area contributed by atoms with Gasteiger partial charge in [0.25, 0.3) is 0 Å². The summed E-state index contributed by atoms with van der Waals surface area (Å²) in [5.41, 5.74) is 7.75. The molecule has 0 bridgehead atoms. The lowest BCUT2D eigenvalue weighted by molar-refractivity contribution is 0.00501. The van der Waals surface area contributed by atoms with Gasteiger partial charge >= 0.3 is 0 Å². The lowest BCUT2D eigenvalue weighted by Gasteiger charge is -2.08. The van der Waals surface area contributed by atoms with Gasteiger partial charge in [-0.3, -0.25) is 0 Å². The van der Waals surface area contributed by atoms with Crippen molar-refractivity contribution < 1.29 is 9.47 Å². The zero-order valence-corrected chi connectivity index (χ0v) is 10.2. The van der Waals surface area contributed by atoms with Crippen LogP contribution in [0.5, 0.6) is 5.75 Å². The lowest BCUT2D eigenvalue weighted by Crippen LogP contribution is -2.03. The molecule has 2 N–H and O–H groups in total. The van der Waals surface area contributed by atoms with E-state index in [2.05, 4.69) is 0 Å². The van der Waals surface area contributed by atoms with Crippen LogP contribution in [0.1, 0.15) is 11.1 Å². The molecular formula is C15H17NO2. The minimum absolute atomic E-state index is 0.239. The predicted molar refractivity (Wildman–Crippen MR) is 71.1 cm³/mol. The molecule has 0 heterocycles. The van der Waals surface area contributed by atoms with E-state index in [-0.39, 0.29) is 6.79 Å². The fourth-order valence-electron chi connectivity index (χ4n) is 1.61. The number of benzene rings is 2. The highest BCUT2D eigenvalue weighted by atomic mass is 16.7. The largest absolute Gasteiger partial charge is 0.468 e. The highest BCUT2D eigenvalue weighted by Gasteiger charge is 1.96. The van der Waals surface area contributed by atoms with Crippen LogP contribution >= 0.6 is 0 Å². The van der Waals surface area contributed by atoms with E-state index in [4.69, 9.17) is 15.2 Å². The Morgan fingerprint density at radius 3 is 2.44 bits per heavy atom. The Hall–Kier alpha value is -1.84. The van der Waals surface area contributed by atoms with Gasteiger partial charge in [-0.2, -0.15) is 0 Å². The molecule has 18 heavy (non-hydrogen) atoms. The van der Waals surface area contributed by atoms with Crippen LogP contribution in [0.2, 0.25) is 0 Å². The monoisotopic (exact) mass is 243 g/mol. The molecule has 3 heteroatoms. The smallest absolute Gasteiger partial charge is 0.189 e. The van der Waals surface area contributed by atoms with Crippen molar-refractivity contribution in [3.05, 3.63) is 65.7 Å². The summed E-state index contributed by atoms with van der Waals surface area (Å²) in [6.07, 6.45) is 0. The topological polar surface area (TPSA) is 44.5 Å². The first-order valence-corrected chi connectivity index (χ1v) is 5.92. The Morgan fingerprint density at radius 2 is 1.67 bits per heavy atom. The second-order valence-corrected chi connectivity index (χ2v) is 3.95. The second kappa shape index (κ2) is 6.79. The van der Waals surface area contributed by atoms with Gasteiger partial charge in [0.05, 0.1) is 6.61 Å². The van der Waals surface area contributed by atoms with Crippen molar-refractivity contribution in [3.8, 4) is 5.75 Å². The summed E-state index contributed by atoms with van der Waals surface area (Å²) in [5, 5.41) is 0. The van der Waals surface area contributed by atoms with Gasteiger partial charge in [0.1, 0.15) is 5.75 Å². The molecule has 0 aliphatic carbocycles. The molecule has 0 unspecified atom stereocenters. The number of nitrogens with two attached hydrogens (primary N) is 1. The van der Waals surface area contributed by atoms with E-state index in [0.29, 0.717) is 13.2 Å². The summed E-state index contributed by atoms with van der Waals surface area (Å²) >= 11 is 0. The summed E-state index contributed by atoms with van der Waals surface area (Å²) < 4.78 is 10.9. The van der Waals surface area contributed by atoms with Crippen molar-refractivity contribution in [3.63, 3.8) is 0 Å². The van der Waals surface area contributed by atoms with Gasteiger partial charge in [-0.1, -0.05) is 42.5 Å². The molecule has 0 amide bonds. The maximum Gasteiger partial charge on any atom is 0.189 e. The van der Waals surface area contributed by atoms with Crippen LogP contribution in [-0.4, -0.2) is 6.79 Å². The molecule has 2 aromatic rings. The molecule has 3 nitrogen and oxygen atoms in total. The van der Waals surface area contributed by atoms with Crippen molar-refractivity contribution in [1.82, 2.24) is 0 Å². The third-order valence-electron chi connectivity index (χ3n) is 2.55. The molecule has 0 saturated heterocycles. The van der Waals surface area contributed by atoms with Crippen molar-refractivity contribution in [2.75, 3.05) is 6.79 Å². The maximum atomic E-state index is 5.56. The molecule has 2 rings (SSSR count). The van der Waals surface area contributed by atoms with E-state index in [1.54, 1.807) is 0 Å². The summed E-state index contributed by atoms with van der Waals surface area (Å²) in [6, 6.07) is 17.7. The predicted octanol–water partition coefficient (Wildman–Crippen LogP) is 2.70. The molecule has 0 aliphatic heterocycles. The lowest BCUT2D eigenvalue weighted by atomic mass is 10.2. The van der Waals surface area contributed by atoms with Gasteiger partial charge in [0.15, 0.2) is 6.79 Å². The molecular weight excluding hydrogens is 226 g/mol. The molecule has 0 radical (unpaired) electrons. The number of ether oxygens (including phenoxy) is 2. The molecule has 0 spiro atoms. The van der Waals surface area contributed by atoms with Gasteiger partial charge in [0.2, 0.25) is 0 Å². The van der Waals surface area contributed by atoms with Gasteiger partial charge < -0.3 is 15.2 Å². The number of hydrogen-bond acceptors (Lipinski definition) is 3. The van der Waals surface area contributed by atoms with Crippen LogP contribution in [0, 0.1) is 0 Å². The normalized spacial score (nSPS) is 10.3. The van der Waals surface area contributed by atoms with E-state index >= 15 is 0 Å². The Bertz CT molecular complexity index is 471. The summed E-state index contributed by atoms with van der Waals surface area (Å²) in [5.74, 6) is 0.783. The minimum atomic E-state index is 0.239. The maximum absolute atomic E-state index is 5.56. The Balaban J connectivity index is 1.75. The van der Waals surface area contributed by atoms with E-state index in [1.807, 2.05) is 54.6 Å². The SMILES string of the molecule is NCc1cccc(OCOCc2ccccc2)c1. The van der Waals surface area contributed by atoms with E-state index < -0.39 is 0 Å². The van der Waals surface area contributed by atoms with Crippen LogP contribution in [0.3, 0.4) is 0 Å². The number of hydrogen-bond donors (Lipinski definition) is 1. The molecule has 0 aromatic heterocycles. The third kappa shape index (κ3) is 3.87. The van der Waals surface area contributed by atoms with E-state index in [9.17, 15) is 0 Å². The van der Waals surface area contributed by atoms with Crippen LogP contribution < -0.4 is 10.5 Å². The summed E-state index contributed by atoms with van der Waals surface area (Å²) in [4.78, 5) is 0. The van der Waals surface area contributed by atoms with E-state index in [1.165, 1.54) is 0 Å². The van der Waals surface area contributed by atoms with E-state index in [0.717, 1.165) is 16.9 Å². The zero-order valence-electron chi connectivity index (χ0n) is 10.2. The van der Waals surface area contributed by atoms with Gasteiger partial charge in [-0.15, -0.1) is 0 Å². The molecule has 94 valence electrons. The molecule has 0 saturated carbocycles. The Morgan fingerprint density at radius 1 is 0.889 bits per heavy atom. The van der Waals surface area contributed by atoms with Crippen LogP contribution in [0.15, 0.2) is 54.6 Å². The Kier molecular flexibility index (Phi) is 4.76. The van der Waals surface area contributed by atoms with Crippen molar-refractivity contribution >= 4 is 0 Å². The molecule has 0 aliphatic rings. The van der Waals surface area contributed by atoms with Gasteiger partial charge in [-0.25, -0.2) is 0 Å². The highest BCUT2D eigenvalue weighted by Crippen LogP contribution is 2.13. The van der Waals surface area contributed by atoms with Gasteiger partial charge in [0, 0.05) is 6.54 Å². The minimum Gasteiger partial charge on any atom is -0.468 e. The highest BCUT2D eigenvalue weighted by molar-refractivity contribution is 5.28. The molecule has 2 aromatic carbocycles. The van der Waals surface area contributed by atoms with Crippen molar-refractivity contribution in [2.45, 2.75) is 13.2 Å². The van der Waals surface area contributed by atoms with Gasteiger partial charge in [-0.05, 0) is 23.3 Å². The molecule has 0 atom stereocenters. The average Bonchev–Trinajstić information content (AvgIpc) is 2.45. The fraction of sp³-hybridized carbons (Fsp3) is 0.200. The first-order chi connectivity index (χ1) is 8.88. The molecule has 0 fully saturated rings. The first-order valence-electron chi connectivity index (χ1n) is 5.92. The first kappa shape index (κ1) is 12.6. The summed E-state index contributed by atoms with van der Waals surface area (Å²) in [6.45, 7) is 1.31.